The summed E-state index contributed by atoms with van der Waals surface area (Å²) >= 11 is 0. The van der Waals surface area contributed by atoms with Gasteiger partial charge in [-0.3, -0.25) is 14.3 Å². The van der Waals surface area contributed by atoms with E-state index in [0.29, 0.717) is 17.7 Å². The maximum atomic E-state index is 12.3. The van der Waals surface area contributed by atoms with Gasteiger partial charge in [-0.25, -0.2) is 0 Å². The predicted molar refractivity (Wildman–Crippen MR) is 85.7 cm³/mol. The summed E-state index contributed by atoms with van der Waals surface area (Å²) in [5.41, 5.74) is 1.87. The van der Waals surface area contributed by atoms with Gasteiger partial charge >= 0.3 is 0 Å². The van der Waals surface area contributed by atoms with Crippen LogP contribution in [-0.4, -0.2) is 35.2 Å². The van der Waals surface area contributed by atoms with Gasteiger partial charge in [-0.2, -0.15) is 0 Å². The Hall–Kier alpha value is -2.83. The van der Waals surface area contributed by atoms with E-state index in [9.17, 15) is 9.59 Å². The van der Waals surface area contributed by atoms with Gasteiger partial charge in [0.2, 0.25) is 11.8 Å². The summed E-state index contributed by atoms with van der Waals surface area (Å²) < 4.78 is 6.61. The molecule has 1 aromatic carbocycles. The Morgan fingerprint density at radius 1 is 1.30 bits per heavy atom. The zero-order chi connectivity index (χ0) is 16.4. The van der Waals surface area contributed by atoms with Gasteiger partial charge in [0, 0.05) is 37.6 Å². The number of aromatic nitrogens is 2. The van der Waals surface area contributed by atoms with Crippen molar-refractivity contribution in [3.05, 3.63) is 36.0 Å². The first-order valence-corrected chi connectivity index (χ1v) is 7.38. The molecule has 2 heterocycles. The van der Waals surface area contributed by atoms with Crippen LogP contribution in [0.5, 0.6) is 5.88 Å². The van der Waals surface area contributed by atoms with E-state index in [2.05, 4.69) is 10.4 Å². The van der Waals surface area contributed by atoms with Crippen LogP contribution in [0.3, 0.4) is 0 Å². The zero-order valence-corrected chi connectivity index (χ0v) is 13.1. The van der Waals surface area contributed by atoms with Crippen LogP contribution in [0, 0.1) is 0 Å². The molecule has 3 rings (SSSR count). The third-order valence-electron chi connectivity index (χ3n) is 3.74. The molecule has 1 aliphatic heterocycles. The predicted octanol–water partition coefficient (Wildman–Crippen LogP) is 1.81. The molecule has 7 nitrogen and oxygen atoms in total. The number of nitrogens with zero attached hydrogens (tertiary/aromatic N) is 3. The van der Waals surface area contributed by atoms with E-state index in [0.717, 1.165) is 18.7 Å². The van der Waals surface area contributed by atoms with Crippen LogP contribution in [-0.2, 0) is 11.8 Å². The summed E-state index contributed by atoms with van der Waals surface area (Å²) in [4.78, 5) is 25.8. The lowest BCUT2D eigenvalue weighted by Crippen LogP contribution is -2.23. The van der Waals surface area contributed by atoms with E-state index in [4.69, 9.17) is 4.74 Å². The Balaban J connectivity index is 1.73. The van der Waals surface area contributed by atoms with Crippen LogP contribution >= 0.6 is 0 Å². The van der Waals surface area contributed by atoms with Crippen molar-refractivity contribution in [2.45, 2.75) is 12.8 Å². The van der Waals surface area contributed by atoms with Crippen molar-refractivity contribution in [2.24, 2.45) is 7.05 Å². The number of aryl methyl sites for hydroxylation is 1. The summed E-state index contributed by atoms with van der Waals surface area (Å²) in [6.07, 6.45) is 3.09. The highest BCUT2D eigenvalue weighted by Crippen LogP contribution is 2.24. The van der Waals surface area contributed by atoms with E-state index < -0.39 is 0 Å². The van der Waals surface area contributed by atoms with Crippen molar-refractivity contribution in [3.8, 4) is 5.88 Å². The molecular weight excluding hydrogens is 296 g/mol. The van der Waals surface area contributed by atoms with Gasteiger partial charge in [0.1, 0.15) is 5.56 Å². The molecule has 0 aliphatic carbocycles. The molecule has 7 heteroatoms. The fourth-order valence-corrected chi connectivity index (χ4v) is 2.62. The van der Waals surface area contributed by atoms with Crippen molar-refractivity contribution in [1.82, 2.24) is 9.78 Å². The molecule has 1 fully saturated rings. The molecule has 0 bridgehead atoms. The first kappa shape index (κ1) is 15.1. The third-order valence-corrected chi connectivity index (χ3v) is 3.74. The Bertz CT molecular complexity index is 736. The molecule has 1 saturated heterocycles. The Morgan fingerprint density at radius 3 is 2.65 bits per heavy atom. The number of rotatable bonds is 4. The number of hydrogen-bond acceptors (Lipinski definition) is 4. The average Bonchev–Trinajstić information content (AvgIpc) is 3.13. The van der Waals surface area contributed by atoms with Gasteiger partial charge in [0.15, 0.2) is 0 Å². The minimum absolute atomic E-state index is 0.141. The first-order valence-electron chi connectivity index (χ1n) is 7.38. The van der Waals surface area contributed by atoms with Crippen molar-refractivity contribution in [3.63, 3.8) is 0 Å². The second-order valence-electron chi connectivity index (χ2n) is 5.38. The Labute approximate surface area is 133 Å². The second-order valence-corrected chi connectivity index (χ2v) is 5.38. The molecule has 23 heavy (non-hydrogen) atoms. The Kier molecular flexibility index (Phi) is 4.01. The number of nitrogens with one attached hydrogen (secondary N) is 1. The molecule has 120 valence electrons. The number of carbonyl (C=O) groups is 2. The number of carbonyl (C=O) groups excluding carboxylic acids is 2. The average molecular weight is 314 g/mol. The maximum absolute atomic E-state index is 12.3. The second kappa shape index (κ2) is 6.12. The standard InChI is InChI=1S/C16H18N4O3/c1-19-10-13(16(18-19)23-2)15(22)17-11-5-7-12(8-6-11)20-9-3-4-14(20)21/h5-8,10H,3-4,9H2,1-2H3,(H,17,22). The number of benzene rings is 1. The monoisotopic (exact) mass is 314 g/mol. The minimum atomic E-state index is -0.292. The summed E-state index contributed by atoms with van der Waals surface area (Å²) in [6, 6.07) is 7.22. The van der Waals surface area contributed by atoms with E-state index in [1.165, 1.54) is 11.8 Å². The molecule has 0 radical (unpaired) electrons. The van der Waals surface area contributed by atoms with Gasteiger partial charge in [-0.05, 0) is 30.7 Å². The van der Waals surface area contributed by atoms with Crippen LogP contribution in [0.1, 0.15) is 23.2 Å². The summed E-state index contributed by atoms with van der Waals surface area (Å²) in [7, 11) is 3.20. The molecule has 1 aliphatic rings. The number of hydrogen-bond donors (Lipinski definition) is 1. The highest BCUT2D eigenvalue weighted by atomic mass is 16.5. The number of methoxy groups -OCH3 is 1. The quantitative estimate of drug-likeness (QED) is 0.933. The van der Waals surface area contributed by atoms with Gasteiger partial charge < -0.3 is 15.0 Å². The van der Waals surface area contributed by atoms with Crippen LogP contribution in [0.15, 0.2) is 30.5 Å². The molecule has 1 aromatic heterocycles. The first-order chi connectivity index (χ1) is 11.1. The van der Waals surface area contributed by atoms with Gasteiger partial charge in [0.05, 0.1) is 7.11 Å². The molecular formula is C16H18N4O3. The summed E-state index contributed by atoms with van der Waals surface area (Å²) in [5, 5.41) is 6.86. The largest absolute Gasteiger partial charge is 0.479 e. The van der Waals surface area contributed by atoms with Crippen LogP contribution < -0.4 is 15.0 Å². The van der Waals surface area contributed by atoms with Crippen LogP contribution in [0.2, 0.25) is 0 Å². The van der Waals surface area contributed by atoms with Gasteiger partial charge in [-0.1, -0.05) is 0 Å². The minimum Gasteiger partial charge on any atom is -0.479 e. The highest BCUT2D eigenvalue weighted by Gasteiger charge is 2.21. The van der Waals surface area contributed by atoms with Crippen molar-refractivity contribution in [2.75, 3.05) is 23.9 Å². The lowest BCUT2D eigenvalue weighted by atomic mass is 10.2. The van der Waals surface area contributed by atoms with Crippen LogP contribution in [0.4, 0.5) is 11.4 Å². The maximum Gasteiger partial charge on any atom is 0.262 e. The van der Waals surface area contributed by atoms with Gasteiger partial charge in [-0.15, -0.1) is 5.10 Å². The zero-order valence-electron chi connectivity index (χ0n) is 13.1. The van der Waals surface area contributed by atoms with E-state index in [1.54, 1.807) is 30.3 Å². The fraction of sp³-hybridized carbons (Fsp3) is 0.312. The normalized spacial score (nSPS) is 14.2. The summed E-state index contributed by atoms with van der Waals surface area (Å²) in [6.45, 7) is 0.747. The van der Waals surface area contributed by atoms with Gasteiger partial charge in [0.25, 0.3) is 5.91 Å². The molecule has 1 N–H and O–H groups in total. The van der Waals surface area contributed by atoms with Crippen LogP contribution in [0.25, 0.3) is 0 Å². The number of anilines is 2. The van der Waals surface area contributed by atoms with Crippen molar-refractivity contribution in [1.29, 1.82) is 0 Å². The van der Waals surface area contributed by atoms with E-state index in [1.807, 2.05) is 12.1 Å². The SMILES string of the molecule is COc1nn(C)cc1C(=O)Nc1ccc(N2CCCC2=O)cc1. The topological polar surface area (TPSA) is 76.5 Å². The van der Waals surface area contributed by atoms with Crippen molar-refractivity contribution < 1.29 is 14.3 Å². The lowest BCUT2D eigenvalue weighted by Gasteiger charge is -2.16. The molecule has 2 amide bonds. The molecule has 0 spiro atoms. The third kappa shape index (κ3) is 3.03. The molecule has 0 unspecified atom stereocenters. The Morgan fingerprint density at radius 2 is 2.04 bits per heavy atom. The smallest absolute Gasteiger partial charge is 0.262 e. The molecule has 0 saturated carbocycles. The lowest BCUT2D eigenvalue weighted by molar-refractivity contribution is -0.117. The number of amides is 2. The molecule has 2 aromatic rings. The fourth-order valence-electron chi connectivity index (χ4n) is 2.62. The van der Waals surface area contributed by atoms with E-state index >= 15 is 0 Å². The summed E-state index contributed by atoms with van der Waals surface area (Å²) in [5.74, 6) is 0.131. The van der Waals surface area contributed by atoms with Crippen molar-refractivity contribution >= 4 is 23.2 Å². The van der Waals surface area contributed by atoms with E-state index in [-0.39, 0.29) is 17.7 Å². The number of ether oxygens (including phenoxy) is 1. The highest BCUT2D eigenvalue weighted by molar-refractivity contribution is 6.06. The molecule has 0 atom stereocenters.